The summed E-state index contributed by atoms with van der Waals surface area (Å²) in [6.07, 6.45) is -2.51. The maximum atomic E-state index is 12.6. The first-order valence-electron chi connectivity index (χ1n) is 4.15. The molecule has 0 aliphatic heterocycles. The zero-order valence-corrected chi connectivity index (χ0v) is 11.6. The van der Waals surface area contributed by atoms with Gasteiger partial charge in [-0.2, -0.15) is 0 Å². The lowest BCUT2D eigenvalue weighted by atomic mass is 10.1. The van der Waals surface area contributed by atoms with Crippen molar-refractivity contribution in [3.05, 3.63) is 32.9 Å². The molecule has 1 atom stereocenters. The number of rotatable bonds is 3. The lowest BCUT2D eigenvalue weighted by Gasteiger charge is -2.10. The predicted molar refractivity (Wildman–Crippen MR) is 66.5 cm³/mol. The molecule has 0 fully saturated rings. The number of alkyl halides is 3. The third-order valence-corrected chi connectivity index (χ3v) is 4.06. The summed E-state index contributed by atoms with van der Waals surface area (Å²) >= 11 is 5.01. The molecule has 0 radical (unpaired) electrons. The zero-order valence-electron chi connectivity index (χ0n) is 7.81. The van der Waals surface area contributed by atoms with Crippen LogP contribution in [0.4, 0.5) is 8.78 Å². The van der Waals surface area contributed by atoms with Gasteiger partial charge in [0.2, 0.25) is 0 Å². The molecule has 0 heterocycles. The fourth-order valence-corrected chi connectivity index (χ4v) is 1.98. The van der Waals surface area contributed by atoms with Crippen LogP contribution in [0.1, 0.15) is 29.3 Å². The number of hydrogen-bond acceptors (Lipinski definition) is 1. The van der Waals surface area contributed by atoms with Gasteiger partial charge < -0.3 is 0 Å². The van der Waals surface area contributed by atoms with Gasteiger partial charge in [-0.15, -0.1) is 0 Å². The van der Waals surface area contributed by atoms with Gasteiger partial charge in [0.05, 0.1) is 4.83 Å². The number of hydrogen-bond donors (Lipinski definition) is 0. The van der Waals surface area contributed by atoms with Crippen molar-refractivity contribution in [2.75, 3.05) is 0 Å². The maximum absolute atomic E-state index is 12.6. The first kappa shape index (κ1) is 13.0. The van der Waals surface area contributed by atoms with Gasteiger partial charge in [-0.25, -0.2) is 8.78 Å². The molecule has 0 amide bonds. The molecule has 0 saturated carbocycles. The van der Waals surface area contributed by atoms with Crippen LogP contribution in [-0.4, -0.2) is 5.78 Å². The summed E-state index contributed by atoms with van der Waals surface area (Å²) in [4.78, 5) is 10.6. The van der Waals surface area contributed by atoms with E-state index in [-0.39, 0.29) is 11.3 Å². The molecule has 1 unspecified atom stereocenters. The Kier molecular flexibility index (Phi) is 4.64. The average Bonchev–Trinajstić information content (AvgIpc) is 2.16. The zero-order chi connectivity index (χ0) is 11.6. The van der Waals surface area contributed by atoms with Gasteiger partial charge in [0.1, 0.15) is 5.78 Å². The van der Waals surface area contributed by atoms with Crippen molar-refractivity contribution in [2.24, 2.45) is 0 Å². The molecule has 0 aliphatic carbocycles. The maximum Gasteiger partial charge on any atom is 0.264 e. The van der Waals surface area contributed by atoms with Crippen LogP contribution in [0.15, 0.2) is 18.2 Å². The van der Waals surface area contributed by atoms with Crippen molar-refractivity contribution >= 4 is 44.3 Å². The Labute approximate surface area is 109 Å². The Morgan fingerprint density at radius 2 is 2.07 bits per heavy atom. The second-order valence-electron chi connectivity index (χ2n) is 3.05. The van der Waals surface area contributed by atoms with Gasteiger partial charge in [-0.05, 0) is 47.2 Å². The van der Waals surface area contributed by atoms with Gasteiger partial charge in [-0.3, -0.25) is 4.79 Å². The molecule has 15 heavy (non-hydrogen) atoms. The summed E-state index contributed by atoms with van der Waals surface area (Å²) in [6.45, 7) is 1.42. The highest BCUT2D eigenvalue weighted by atomic mass is 127. The number of carbonyl (C=O) groups is 1. The Morgan fingerprint density at radius 3 is 2.53 bits per heavy atom. The first-order chi connectivity index (χ1) is 6.93. The number of halogens is 4. The highest BCUT2D eigenvalue weighted by Crippen LogP contribution is 2.30. The Hall–Kier alpha value is -0.0400. The normalized spacial score (nSPS) is 12.9. The molecule has 5 heteroatoms. The van der Waals surface area contributed by atoms with Crippen LogP contribution in [0.25, 0.3) is 0 Å². The van der Waals surface area contributed by atoms with Crippen molar-refractivity contribution in [1.82, 2.24) is 0 Å². The van der Waals surface area contributed by atoms with Gasteiger partial charge in [0.25, 0.3) is 6.43 Å². The number of carbonyl (C=O) groups excluding carboxylic acids is 1. The topological polar surface area (TPSA) is 17.1 Å². The van der Waals surface area contributed by atoms with Crippen LogP contribution in [-0.2, 0) is 4.79 Å². The highest BCUT2D eigenvalue weighted by Gasteiger charge is 2.17. The van der Waals surface area contributed by atoms with Crippen LogP contribution in [0.5, 0.6) is 0 Å². The molecule has 82 valence electrons. The van der Waals surface area contributed by atoms with E-state index in [4.69, 9.17) is 0 Å². The molecule has 1 aromatic carbocycles. The van der Waals surface area contributed by atoms with Crippen LogP contribution >= 0.6 is 38.5 Å². The van der Waals surface area contributed by atoms with Gasteiger partial charge in [0.15, 0.2) is 0 Å². The first-order valence-corrected chi connectivity index (χ1v) is 6.15. The number of benzene rings is 1. The second kappa shape index (κ2) is 5.34. The molecule has 0 saturated heterocycles. The van der Waals surface area contributed by atoms with Crippen molar-refractivity contribution in [3.63, 3.8) is 0 Å². The molecule has 0 aliphatic rings. The van der Waals surface area contributed by atoms with Gasteiger partial charge in [-0.1, -0.05) is 22.0 Å². The van der Waals surface area contributed by atoms with Crippen LogP contribution in [0.2, 0.25) is 0 Å². The third kappa shape index (κ3) is 3.21. The molecular formula is C10H8BrF2IO. The summed E-state index contributed by atoms with van der Waals surface area (Å²) in [5.41, 5.74) is 0.539. The summed E-state index contributed by atoms with van der Waals surface area (Å²) in [5.74, 6) is -0.101. The Morgan fingerprint density at radius 1 is 1.47 bits per heavy atom. The molecule has 1 nitrogen and oxygen atoms in total. The summed E-state index contributed by atoms with van der Waals surface area (Å²) in [5, 5.41) is 0. The molecule has 0 N–H and O–H groups in total. The number of ketones is 1. The van der Waals surface area contributed by atoms with E-state index in [9.17, 15) is 13.6 Å². The predicted octanol–water partition coefficient (Wildman–Crippen LogP) is 4.25. The Balaban J connectivity index is 3.13. The quantitative estimate of drug-likeness (QED) is 0.558. The van der Waals surface area contributed by atoms with E-state index in [1.54, 1.807) is 12.1 Å². The molecule has 0 aromatic heterocycles. The average molecular weight is 389 g/mol. The fraction of sp³-hybridized carbons (Fsp3) is 0.300. The van der Waals surface area contributed by atoms with Gasteiger partial charge in [0, 0.05) is 9.13 Å². The van der Waals surface area contributed by atoms with E-state index in [2.05, 4.69) is 15.9 Å². The summed E-state index contributed by atoms with van der Waals surface area (Å²) < 4.78 is 25.6. The van der Waals surface area contributed by atoms with Crippen LogP contribution in [0, 0.1) is 3.57 Å². The smallest absolute Gasteiger partial charge is 0.264 e. The largest absolute Gasteiger partial charge is 0.298 e. The second-order valence-corrected chi connectivity index (χ2v) is 5.13. The van der Waals surface area contributed by atoms with Gasteiger partial charge >= 0.3 is 0 Å². The molecule has 0 spiro atoms. The van der Waals surface area contributed by atoms with Crippen molar-refractivity contribution in [1.29, 1.82) is 0 Å². The minimum Gasteiger partial charge on any atom is -0.298 e. The van der Waals surface area contributed by atoms with Crippen LogP contribution in [0.3, 0.4) is 0 Å². The van der Waals surface area contributed by atoms with E-state index >= 15 is 0 Å². The number of Topliss-reactive ketones (excluding diaryl/α,β-unsaturated/α-hetero) is 1. The lowest BCUT2D eigenvalue weighted by Crippen LogP contribution is -2.02. The highest BCUT2D eigenvalue weighted by molar-refractivity contribution is 14.1. The van der Waals surface area contributed by atoms with Crippen molar-refractivity contribution in [3.8, 4) is 0 Å². The van der Waals surface area contributed by atoms with E-state index in [1.807, 2.05) is 22.6 Å². The molecular weight excluding hydrogens is 381 g/mol. The lowest BCUT2D eigenvalue weighted by molar-refractivity contribution is -0.116. The SMILES string of the molecule is CC(=O)C(Br)c1ccc(I)c(C(F)F)c1. The van der Waals surface area contributed by atoms with Crippen molar-refractivity contribution in [2.45, 2.75) is 18.2 Å². The van der Waals surface area contributed by atoms with Crippen LogP contribution < -0.4 is 0 Å². The summed E-state index contributed by atoms with van der Waals surface area (Å²) in [6, 6.07) is 4.64. The Bertz CT molecular complexity index is 382. The molecule has 0 bridgehead atoms. The van der Waals surface area contributed by atoms with E-state index < -0.39 is 11.3 Å². The van der Waals surface area contributed by atoms with Crippen molar-refractivity contribution < 1.29 is 13.6 Å². The third-order valence-electron chi connectivity index (χ3n) is 1.90. The fourth-order valence-electron chi connectivity index (χ4n) is 1.12. The minimum atomic E-state index is -2.51. The van der Waals surface area contributed by atoms with E-state index in [0.29, 0.717) is 9.13 Å². The molecule has 1 aromatic rings. The minimum absolute atomic E-state index is 0.0289. The van der Waals surface area contributed by atoms with E-state index in [1.165, 1.54) is 13.0 Å². The molecule has 1 rings (SSSR count). The van der Waals surface area contributed by atoms with E-state index in [0.717, 1.165) is 0 Å². The monoisotopic (exact) mass is 388 g/mol. The standard InChI is InChI=1S/C10H8BrF2IO/c1-5(15)9(11)6-2-3-8(14)7(4-6)10(12)13/h2-4,9-10H,1H3. The summed E-state index contributed by atoms with van der Waals surface area (Å²) in [7, 11) is 0.